The molecule has 0 fully saturated rings. The summed E-state index contributed by atoms with van der Waals surface area (Å²) in [6, 6.07) is 10.2. The highest BCUT2D eigenvalue weighted by molar-refractivity contribution is 5.81. The summed E-state index contributed by atoms with van der Waals surface area (Å²) in [5.41, 5.74) is 1.22. The Morgan fingerprint density at radius 1 is 1.39 bits per heavy atom. The Morgan fingerprint density at radius 2 is 1.94 bits per heavy atom. The highest BCUT2D eigenvalue weighted by atomic mass is 19.0. The lowest BCUT2D eigenvalue weighted by molar-refractivity contribution is -0.945. The minimum Gasteiger partial charge on any atom is -1.00 e. The van der Waals surface area contributed by atoms with Crippen LogP contribution in [0.2, 0.25) is 0 Å². The lowest BCUT2D eigenvalue weighted by Gasteiger charge is -2.34. The van der Waals surface area contributed by atoms with Crippen molar-refractivity contribution in [2.45, 2.75) is 19.7 Å². The zero-order valence-corrected chi connectivity index (χ0v) is 11.1. The first-order chi connectivity index (χ1) is 7.95. The molecule has 3 nitrogen and oxygen atoms in total. The van der Waals surface area contributed by atoms with Gasteiger partial charge in [-0.2, -0.15) is 0 Å². The summed E-state index contributed by atoms with van der Waals surface area (Å²) in [7, 11) is 4.07. The van der Waals surface area contributed by atoms with Crippen LogP contribution in [-0.4, -0.2) is 30.8 Å². The monoisotopic (exact) mass is 253 g/mol. The Kier molecular flexibility index (Phi) is 6.27. The van der Waals surface area contributed by atoms with E-state index in [4.69, 9.17) is 4.74 Å². The predicted octanol–water partition coefficient (Wildman–Crippen LogP) is -0.658. The second kappa shape index (κ2) is 6.91. The first-order valence-electron chi connectivity index (χ1n) is 5.65. The number of esters is 1. The molecule has 4 heteroatoms. The van der Waals surface area contributed by atoms with E-state index in [1.807, 2.05) is 39.2 Å². The number of halogens is 1. The molecule has 0 N–H and O–H groups in total. The largest absolute Gasteiger partial charge is 1.00 e. The van der Waals surface area contributed by atoms with Crippen LogP contribution in [0.25, 0.3) is 0 Å². The molecule has 1 rings (SSSR count). The normalized spacial score (nSPS) is 12.2. The van der Waals surface area contributed by atoms with Crippen molar-refractivity contribution in [2.75, 3.05) is 14.1 Å². The lowest BCUT2D eigenvalue weighted by atomic mass is 10.2. The molecule has 0 saturated carbocycles. The summed E-state index contributed by atoms with van der Waals surface area (Å²) >= 11 is 0. The zero-order valence-electron chi connectivity index (χ0n) is 11.1. The minimum atomic E-state index is -0.378. The van der Waals surface area contributed by atoms with Gasteiger partial charge in [0, 0.05) is 18.6 Å². The van der Waals surface area contributed by atoms with E-state index in [0.717, 1.165) is 6.54 Å². The molecule has 0 spiro atoms. The quantitative estimate of drug-likeness (QED) is 0.301. The van der Waals surface area contributed by atoms with E-state index in [9.17, 15) is 4.79 Å². The predicted molar refractivity (Wildman–Crippen MR) is 68.0 cm³/mol. The van der Waals surface area contributed by atoms with Gasteiger partial charge in [0.15, 0.2) is 0 Å². The standard InChI is InChI=1S/C14H20NO2.FH/c1-5-14(16)17-12(2)15(3,4)11-13-9-7-6-8-10-13;/h5-10,12H,1,11H2,2-4H3;1H/q+1;/p-1. The van der Waals surface area contributed by atoms with Crippen LogP contribution in [0.1, 0.15) is 12.5 Å². The van der Waals surface area contributed by atoms with E-state index in [0.29, 0.717) is 4.48 Å². The van der Waals surface area contributed by atoms with Gasteiger partial charge in [-0.15, -0.1) is 0 Å². The van der Waals surface area contributed by atoms with Gasteiger partial charge in [-0.05, 0) is 0 Å². The number of hydrogen-bond acceptors (Lipinski definition) is 2. The fourth-order valence-electron chi connectivity index (χ4n) is 1.54. The van der Waals surface area contributed by atoms with Crippen molar-refractivity contribution in [1.82, 2.24) is 0 Å². The third-order valence-corrected chi connectivity index (χ3v) is 2.87. The maximum absolute atomic E-state index is 11.2. The molecule has 1 atom stereocenters. The average Bonchev–Trinajstić information content (AvgIpc) is 2.29. The summed E-state index contributed by atoms with van der Waals surface area (Å²) in [4.78, 5) is 11.2. The molecule has 100 valence electrons. The first kappa shape index (κ1) is 16.3. The van der Waals surface area contributed by atoms with Crippen molar-refractivity contribution >= 4 is 5.97 Å². The smallest absolute Gasteiger partial charge is 0.334 e. The van der Waals surface area contributed by atoms with E-state index >= 15 is 0 Å². The number of rotatable bonds is 5. The molecular weight excluding hydrogens is 233 g/mol. The average molecular weight is 253 g/mol. The van der Waals surface area contributed by atoms with Gasteiger partial charge in [-0.3, -0.25) is 4.48 Å². The van der Waals surface area contributed by atoms with E-state index in [1.165, 1.54) is 11.6 Å². The van der Waals surface area contributed by atoms with Crippen molar-refractivity contribution in [3.8, 4) is 0 Å². The molecule has 1 unspecified atom stereocenters. The molecule has 0 bridgehead atoms. The van der Waals surface area contributed by atoms with Crippen LogP contribution in [0.3, 0.4) is 0 Å². The van der Waals surface area contributed by atoms with Crippen molar-refractivity contribution in [1.29, 1.82) is 0 Å². The van der Waals surface area contributed by atoms with Crippen LogP contribution in [0.15, 0.2) is 43.0 Å². The minimum absolute atomic E-state index is 0. The number of carbonyl (C=O) groups excluding carboxylic acids is 1. The number of carbonyl (C=O) groups is 1. The SMILES string of the molecule is C=CC(=O)OC(C)[N+](C)(C)Cc1ccccc1.[F-]. The molecule has 0 aliphatic heterocycles. The summed E-state index contributed by atoms with van der Waals surface area (Å²) in [5, 5.41) is 0. The number of nitrogens with zero attached hydrogens (tertiary/aromatic N) is 1. The van der Waals surface area contributed by atoms with E-state index in [-0.39, 0.29) is 16.9 Å². The molecule has 0 radical (unpaired) electrons. The molecular formula is C14H20FNO2. The summed E-state index contributed by atoms with van der Waals surface area (Å²) in [6.45, 7) is 6.10. The highest BCUT2D eigenvalue weighted by Gasteiger charge is 2.26. The molecule has 1 aromatic carbocycles. The van der Waals surface area contributed by atoms with Crippen LogP contribution in [0.4, 0.5) is 0 Å². The Morgan fingerprint density at radius 3 is 2.44 bits per heavy atom. The van der Waals surface area contributed by atoms with E-state index < -0.39 is 0 Å². The Balaban J connectivity index is 0.00000289. The van der Waals surface area contributed by atoms with Gasteiger partial charge >= 0.3 is 5.97 Å². The number of ether oxygens (including phenoxy) is 1. The fraction of sp³-hybridized carbons (Fsp3) is 0.357. The second-order valence-corrected chi connectivity index (χ2v) is 4.66. The lowest BCUT2D eigenvalue weighted by Crippen LogP contribution is -3.00. The van der Waals surface area contributed by atoms with Crippen LogP contribution in [0.5, 0.6) is 0 Å². The van der Waals surface area contributed by atoms with Crippen LogP contribution in [-0.2, 0) is 16.1 Å². The molecule has 18 heavy (non-hydrogen) atoms. The van der Waals surface area contributed by atoms with Crippen LogP contribution >= 0.6 is 0 Å². The van der Waals surface area contributed by atoms with E-state index in [1.54, 1.807) is 0 Å². The Bertz CT molecular complexity index is 390. The van der Waals surface area contributed by atoms with Gasteiger partial charge in [-0.1, -0.05) is 36.9 Å². The highest BCUT2D eigenvalue weighted by Crippen LogP contribution is 2.14. The number of benzene rings is 1. The van der Waals surface area contributed by atoms with Crippen molar-refractivity contribution in [3.63, 3.8) is 0 Å². The van der Waals surface area contributed by atoms with Crippen LogP contribution in [0, 0.1) is 0 Å². The molecule has 1 aromatic rings. The first-order valence-corrected chi connectivity index (χ1v) is 5.65. The maximum Gasteiger partial charge on any atom is 0.334 e. The Labute approximate surface area is 108 Å². The van der Waals surface area contributed by atoms with Gasteiger partial charge < -0.3 is 9.44 Å². The molecule has 0 aliphatic rings. The summed E-state index contributed by atoms with van der Waals surface area (Å²) in [6.07, 6.45) is 0.986. The van der Waals surface area contributed by atoms with Gasteiger partial charge in [0.2, 0.25) is 6.23 Å². The molecule has 0 aromatic heterocycles. The van der Waals surface area contributed by atoms with Crippen molar-refractivity contribution in [3.05, 3.63) is 48.6 Å². The maximum atomic E-state index is 11.2. The van der Waals surface area contributed by atoms with Gasteiger partial charge in [0.05, 0.1) is 14.1 Å². The third-order valence-electron chi connectivity index (χ3n) is 2.87. The van der Waals surface area contributed by atoms with Gasteiger partial charge in [0.25, 0.3) is 0 Å². The number of quaternary nitrogens is 1. The zero-order chi connectivity index (χ0) is 12.9. The topological polar surface area (TPSA) is 26.3 Å². The molecule has 0 aliphatic carbocycles. The molecule has 0 amide bonds. The van der Waals surface area contributed by atoms with Crippen LogP contribution < -0.4 is 4.70 Å². The fourth-order valence-corrected chi connectivity index (χ4v) is 1.54. The summed E-state index contributed by atoms with van der Waals surface area (Å²) < 4.78 is 5.84. The van der Waals surface area contributed by atoms with Crippen molar-refractivity contribution in [2.24, 2.45) is 0 Å². The molecule has 0 heterocycles. The van der Waals surface area contributed by atoms with E-state index in [2.05, 4.69) is 18.7 Å². The van der Waals surface area contributed by atoms with Gasteiger partial charge in [0.1, 0.15) is 6.54 Å². The van der Waals surface area contributed by atoms with Crippen molar-refractivity contribution < 1.29 is 18.7 Å². The summed E-state index contributed by atoms with van der Waals surface area (Å²) in [5.74, 6) is -0.378. The molecule has 0 saturated heterocycles. The Hall–Kier alpha value is -1.68. The second-order valence-electron chi connectivity index (χ2n) is 4.66. The number of hydrogen-bond donors (Lipinski definition) is 0. The van der Waals surface area contributed by atoms with Gasteiger partial charge in [-0.25, -0.2) is 4.79 Å². The third kappa shape index (κ3) is 4.67.